The Labute approximate surface area is 126 Å². The van der Waals surface area contributed by atoms with Crippen LogP contribution in [0.5, 0.6) is 0 Å². The number of pyridine rings is 1. The van der Waals surface area contributed by atoms with E-state index >= 15 is 0 Å². The Balaban J connectivity index is 2.47. The molecule has 0 saturated heterocycles. The van der Waals surface area contributed by atoms with Crippen molar-refractivity contribution in [2.45, 2.75) is 11.8 Å². The number of hydrogen-bond donors (Lipinski definition) is 2. The maximum absolute atomic E-state index is 12.3. The molecule has 0 radical (unpaired) electrons. The van der Waals surface area contributed by atoms with Crippen LogP contribution < -0.4 is 10.5 Å². The number of hydrogen-bond acceptors (Lipinski definition) is 4. The maximum Gasteiger partial charge on any atom is 0.264 e. The second kappa shape index (κ2) is 5.47. The Morgan fingerprint density at radius 1 is 1.25 bits per heavy atom. The fraction of sp³-hybridized carbons (Fsp3) is 0.0833. The van der Waals surface area contributed by atoms with Crippen LogP contribution in [0.3, 0.4) is 0 Å². The van der Waals surface area contributed by atoms with Crippen molar-refractivity contribution < 1.29 is 8.42 Å². The first kappa shape index (κ1) is 14.9. The molecule has 5 nitrogen and oxygen atoms in total. The summed E-state index contributed by atoms with van der Waals surface area (Å²) in [5.74, 6) is 0. The fourth-order valence-electron chi connectivity index (χ4n) is 1.63. The summed E-state index contributed by atoms with van der Waals surface area (Å²) in [4.78, 5) is 3.78. The number of aromatic nitrogens is 1. The fourth-order valence-corrected chi connectivity index (χ4v) is 3.54. The van der Waals surface area contributed by atoms with Crippen molar-refractivity contribution in [2.75, 3.05) is 10.5 Å². The first-order valence-corrected chi connectivity index (χ1v) is 7.75. The molecule has 2 rings (SSSR count). The Kier molecular flexibility index (Phi) is 4.08. The molecule has 2 aromatic rings. The number of nitrogens with two attached hydrogens (primary N) is 1. The van der Waals surface area contributed by atoms with Gasteiger partial charge in [-0.15, -0.1) is 0 Å². The summed E-state index contributed by atoms with van der Waals surface area (Å²) in [6.07, 6.45) is 0. The molecule has 0 saturated carbocycles. The molecule has 3 N–H and O–H groups in total. The van der Waals surface area contributed by atoms with Crippen LogP contribution in [0.1, 0.15) is 5.56 Å². The summed E-state index contributed by atoms with van der Waals surface area (Å²) in [6, 6.07) is 7.66. The Morgan fingerprint density at radius 3 is 2.50 bits per heavy atom. The number of aryl methyl sites for hydroxylation is 1. The number of sulfonamides is 1. The highest BCUT2D eigenvalue weighted by atomic mass is 35.5. The third-order valence-corrected chi connectivity index (χ3v) is 4.48. The van der Waals surface area contributed by atoms with Gasteiger partial charge in [0.1, 0.15) is 10.0 Å². The van der Waals surface area contributed by atoms with Gasteiger partial charge in [-0.1, -0.05) is 35.3 Å². The smallest absolute Gasteiger partial charge is 0.264 e. The van der Waals surface area contributed by atoms with E-state index in [1.165, 1.54) is 18.2 Å². The third-order valence-electron chi connectivity index (χ3n) is 2.59. The third kappa shape index (κ3) is 2.98. The predicted molar refractivity (Wildman–Crippen MR) is 80.7 cm³/mol. The first-order valence-electron chi connectivity index (χ1n) is 5.51. The molecule has 106 valence electrons. The molecule has 0 aliphatic rings. The average Bonchev–Trinajstić information content (AvgIpc) is 2.34. The summed E-state index contributed by atoms with van der Waals surface area (Å²) in [5.41, 5.74) is 6.56. The van der Waals surface area contributed by atoms with Crippen molar-refractivity contribution in [3.8, 4) is 0 Å². The lowest BCUT2D eigenvalue weighted by Crippen LogP contribution is -2.16. The lowest BCUT2D eigenvalue weighted by atomic mass is 10.3. The maximum atomic E-state index is 12.3. The van der Waals surface area contributed by atoms with Gasteiger partial charge in [-0.05, 0) is 30.7 Å². The molecular weight excluding hydrogens is 321 g/mol. The minimum Gasteiger partial charge on any atom is -0.398 e. The number of nitrogens with zero attached hydrogens (tertiary/aromatic N) is 1. The van der Waals surface area contributed by atoms with Gasteiger partial charge >= 0.3 is 0 Å². The minimum absolute atomic E-state index is 0.0203. The van der Waals surface area contributed by atoms with E-state index < -0.39 is 10.0 Å². The van der Waals surface area contributed by atoms with Crippen molar-refractivity contribution in [1.29, 1.82) is 0 Å². The van der Waals surface area contributed by atoms with Gasteiger partial charge in [0.15, 0.2) is 5.15 Å². The monoisotopic (exact) mass is 331 g/mol. The van der Waals surface area contributed by atoms with E-state index in [2.05, 4.69) is 9.71 Å². The van der Waals surface area contributed by atoms with E-state index in [9.17, 15) is 8.42 Å². The van der Waals surface area contributed by atoms with E-state index in [1.54, 1.807) is 19.1 Å². The number of benzene rings is 1. The zero-order valence-corrected chi connectivity index (χ0v) is 12.7. The average molecular weight is 332 g/mol. The lowest BCUT2D eigenvalue weighted by Gasteiger charge is -2.13. The number of rotatable bonds is 3. The van der Waals surface area contributed by atoms with Crippen LogP contribution in [0.4, 0.5) is 11.4 Å². The van der Waals surface area contributed by atoms with Gasteiger partial charge in [-0.2, -0.15) is 0 Å². The topological polar surface area (TPSA) is 85.1 Å². The Morgan fingerprint density at radius 2 is 1.90 bits per heavy atom. The highest BCUT2D eigenvalue weighted by Crippen LogP contribution is 2.29. The van der Waals surface area contributed by atoms with E-state index in [-0.39, 0.29) is 26.6 Å². The highest BCUT2D eigenvalue weighted by molar-refractivity contribution is 7.92. The van der Waals surface area contributed by atoms with Crippen LogP contribution >= 0.6 is 23.2 Å². The first-order chi connectivity index (χ1) is 9.31. The number of para-hydroxylation sites is 1. The zero-order chi connectivity index (χ0) is 14.9. The Hall–Kier alpha value is -1.50. The van der Waals surface area contributed by atoms with Crippen LogP contribution in [0.2, 0.25) is 10.3 Å². The molecule has 0 spiro atoms. The standard InChI is InChI=1S/C12H11Cl2N3O2S/c1-7-6-10(13)16-12(14)11(7)17-20(18,19)9-5-3-2-4-8(9)15/h2-6,17H,15H2,1H3. The van der Waals surface area contributed by atoms with E-state index in [0.29, 0.717) is 5.56 Å². The molecule has 0 aliphatic carbocycles. The largest absolute Gasteiger partial charge is 0.398 e. The summed E-state index contributed by atoms with van der Waals surface area (Å²) in [7, 11) is -3.84. The second-order valence-electron chi connectivity index (χ2n) is 4.07. The summed E-state index contributed by atoms with van der Waals surface area (Å²) < 4.78 is 27.0. The molecular formula is C12H11Cl2N3O2S. The number of halogens is 2. The van der Waals surface area contributed by atoms with Gasteiger partial charge in [0.2, 0.25) is 0 Å². The summed E-state index contributed by atoms with van der Waals surface area (Å²) in [6.45, 7) is 1.67. The van der Waals surface area contributed by atoms with Crippen LogP contribution in [-0.4, -0.2) is 13.4 Å². The van der Waals surface area contributed by atoms with Gasteiger partial charge in [0.25, 0.3) is 10.0 Å². The van der Waals surface area contributed by atoms with Gasteiger partial charge in [0, 0.05) is 0 Å². The number of nitrogens with one attached hydrogen (secondary N) is 1. The molecule has 8 heteroatoms. The van der Waals surface area contributed by atoms with Crippen LogP contribution in [0.15, 0.2) is 35.2 Å². The summed E-state index contributed by atoms with van der Waals surface area (Å²) in [5, 5.41) is 0.169. The van der Waals surface area contributed by atoms with E-state index in [4.69, 9.17) is 28.9 Å². The van der Waals surface area contributed by atoms with Crippen molar-refractivity contribution >= 4 is 44.6 Å². The van der Waals surface area contributed by atoms with Gasteiger partial charge < -0.3 is 5.73 Å². The molecule has 20 heavy (non-hydrogen) atoms. The normalized spacial score (nSPS) is 11.3. The quantitative estimate of drug-likeness (QED) is 0.668. The van der Waals surface area contributed by atoms with E-state index in [1.807, 2.05) is 0 Å². The van der Waals surface area contributed by atoms with E-state index in [0.717, 1.165) is 0 Å². The van der Waals surface area contributed by atoms with Crippen molar-refractivity contribution in [1.82, 2.24) is 4.98 Å². The number of anilines is 2. The zero-order valence-electron chi connectivity index (χ0n) is 10.4. The Bertz CT molecular complexity index is 740. The second-order valence-corrected chi connectivity index (χ2v) is 6.47. The van der Waals surface area contributed by atoms with Crippen molar-refractivity contribution in [3.63, 3.8) is 0 Å². The van der Waals surface area contributed by atoms with Crippen molar-refractivity contribution in [3.05, 3.63) is 46.2 Å². The molecule has 0 atom stereocenters. The highest BCUT2D eigenvalue weighted by Gasteiger charge is 2.20. The number of nitrogen functional groups attached to an aromatic ring is 1. The molecule has 0 fully saturated rings. The van der Waals surface area contributed by atoms with Crippen LogP contribution in [0.25, 0.3) is 0 Å². The molecule has 0 aliphatic heterocycles. The molecule has 1 aromatic heterocycles. The lowest BCUT2D eigenvalue weighted by molar-refractivity contribution is 0.601. The molecule has 1 aromatic carbocycles. The van der Waals surface area contributed by atoms with Gasteiger partial charge in [-0.3, -0.25) is 4.72 Å². The molecule has 1 heterocycles. The SMILES string of the molecule is Cc1cc(Cl)nc(Cl)c1NS(=O)(=O)c1ccccc1N. The summed E-state index contributed by atoms with van der Waals surface area (Å²) >= 11 is 11.7. The van der Waals surface area contributed by atoms with Crippen LogP contribution in [-0.2, 0) is 10.0 Å². The molecule has 0 unspecified atom stereocenters. The molecule has 0 amide bonds. The molecule has 0 bridgehead atoms. The predicted octanol–water partition coefficient (Wildman–Crippen LogP) is 3.08. The van der Waals surface area contributed by atoms with Gasteiger partial charge in [-0.25, -0.2) is 13.4 Å². The minimum atomic E-state index is -3.84. The van der Waals surface area contributed by atoms with Gasteiger partial charge in [0.05, 0.1) is 11.4 Å². The van der Waals surface area contributed by atoms with Crippen LogP contribution in [0, 0.1) is 6.92 Å². The van der Waals surface area contributed by atoms with Crippen molar-refractivity contribution in [2.24, 2.45) is 0 Å².